The van der Waals surface area contributed by atoms with Gasteiger partial charge >= 0.3 is 6.09 Å². The number of anilines is 1. The Morgan fingerprint density at radius 1 is 1.41 bits per heavy atom. The van der Waals surface area contributed by atoms with Crippen molar-refractivity contribution in [3.05, 3.63) is 39.3 Å². The number of rotatable bonds is 5. The summed E-state index contributed by atoms with van der Waals surface area (Å²) in [4.78, 5) is 30.5. The first-order chi connectivity index (χ1) is 14.0. The van der Waals surface area contributed by atoms with Crippen LogP contribution in [0.1, 0.15) is 34.3 Å². The van der Waals surface area contributed by atoms with Gasteiger partial charge in [0, 0.05) is 30.5 Å². The highest BCUT2D eigenvalue weighted by Gasteiger charge is 2.27. The van der Waals surface area contributed by atoms with E-state index in [1.54, 1.807) is 35.6 Å². The minimum absolute atomic E-state index is 0.0268. The lowest BCUT2D eigenvalue weighted by molar-refractivity contribution is 0.102. The van der Waals surface area contributed by atoms with Gasteiger partial charge in [0.25, 0.3) is 5.91 Å². The number of amides is 2. The van der Waals surface area contributed by atoms with Crippen molar-refractivity contribution in [2.75, 3.05) is 32.1 Å². The van der Waals surface area contributed by atoms with E-state index in [1.165, 1.54) is 11.3 Å². The molecule has 1 saturated heterocycles. The van der Waals surface area contributed by atoms with E-state index >= 15 is 0 Å². The molecule has 0 spiro atoms. The van der Waals surface area contributed by atoms with Crippen molar-refractivity contribution in [1.29, 1.82) is 0 Å². The Morgan fingerprint density at radius 3 is 2.86 bits per heavy atom. The molecule has 9 heteroatoms. The van der Waals surface area contributed by atoms with E-state index in [1.807, 2.05) is 0 Å². The van der Waals surface area contributed by atoms with Crippen molar-refractivity contribution in [2.24, 2.45) is 0 Å². The number of ether oxygens (including phenoxy) is 2. The number of piperidine rings is 1. The Morgan fingerprint density at radius 2 is 2.17 bits per heavy atom. The highest BCUT2D eigenvalue weighted by atomic mass is 35.5. The van der Waals surface area contributed by atoms with Crippen LogP contribution in [-0.4, -0.2) is 48.7 Å². The second kappa shape index (κ2) is 9.63. The van der Waals surface area contributed by atoms with Crippen molar-refractivity contribution in [3.63, 3.8) is 0 Å². The lowest BCUT2D eigenvalue weighted by atomic mass is 9.98. The van der Waals surface area contributed by atoms with Crippen LogP contribution in [0.4, 0.5) is 10.5 Å². The summed E-state index contributed by atoms with van der Waals surface area (Å²) in [5.74, 6) is 2.73. The standard InChI is InChI=1S/C20H20ClN3O4S/c1-3-10-28-20(26)24-8-6-13(7-9-24)19-23-17(12-29-19)18(25)22-16-11-14(27-2)4-5-15(16)21/h1,4-5,11-13H,6-10H2,2H3,(H,22,25). The molecule has 0 radical (unpaired) electrons. The number of aromatic nitrogens is 1. The predicted octanol–water partition coefficient (Wildman–Crippen LogP) is 4.01. The van der Waals surface area contributed by atoms with E-state index < -0.39 is 6.09 Å². The van der Waals surface area contributed by atoms with Gasteiger partial charge in [-0.05, 0) is 25.0 Å². The smallest absolute Gasteiger partial charge is 0.410 e. The molecule has 2 heterocycles. The number of nitrogens with one attached hydrogen (secondary N) is 1. The number of carbonyl (C=O) groups excluding carboxylic acids is 2. The number of likely N-dealkylation sites (tertiary alicyclic amines) is 1. The minimum atomic E-state index is -0.393. The maximum atomic E-state index is 12.6. The molecule has 2 aromatic rings. The lowest BCUT2D eigenvalue weighted by Crippen LogP contribution is -2.38. The molecule has 1 aliphatic rings. The Kier molecular flexibility index (Phi) is 6.96. The highest BCUT2D eigenvalue weighted by Crippen LogP contribution is 2.31. The van der Waals surface area contributed by atoms with Gasteiger partial charge in [-0.2, -0.15) is 0 Å². The molecule has 29 heavy (non-hydrogen) atoms. The zero-order valence-corrected chi connectivity index (χ0v) is 17.4. The first-order valence-corrected chi connectivity index (χ1v) is 10.2. The highest BCUT2D eigenvalue weighted by molar-refractivity contribution is 7.10. The van der Waals surface area contributed by atoms with E-state index in [0.717, 1.165) is 17.8 Å². The van der Waals surface area contributed by atoms with Crippen LogP contribution in [0.25, 0.3) is 0 Å². The van der Waals surface area contributed by atoms with Crippen LogP contribution in [0, 0.1) is 12.3 Å². The molecule has 0 atom stereocenters. The second-order valence-electron chi connectivity index (χ2n) is 6.39. The second-order valence-corrected chi connectivity index (χ2v) is 7.69. The van der Waals surface area contributed by atoms with Crippen molar-refractivity contribution in [1.82, 2.24) is 9.88 Å². The average molecular weight is 434 g/mol. The molecule has 1 aliphatic heterocycles. The van der Waals surface area contributed by atoms with Crippen LogP contribution >= 0.6 is 22.9 Å². The van der Waals surface area contributed by atoms with Gasteiger partial charge in [-0.25, -0.2) is 9.78 Å². The molecule has 3 rings (SSSR count). The van der Waals surface area contributed by atoms with Gasteiger partial charge in [-0.1, -0.05) is 17.5 Å². The van der Waals surface area contributed by atoms with Gasteiger partial charge in [0.15, 0.2) is 6.61 Å². The maximum Gasteiger partial charge on any atom is 0.410 e. The molecule has 152 valence electrons. The van der Waals surface area contributed by atoms with Crippen LogP contribution in [0.3, 0.4) is 0 Å². The molecule has 1 N–H and O–H groups in total. The first kappa shape index (κ1) is 21.0. The normalized spacial score (nSPS) is 14.2. The Labute approximate surface area is 178 Å². The van der Waals surface area contributed by atoms with Gasteiger partial charge in [-0.3, -0.25) is 4.79 Å². The summed E-state index contributed by atoms with van der Waals surface area (Å²) < 4.78 is 10.1. The largest absolute Gasteiger partial charge is 0.497 e. The summed E-state index contributed by atoms with van der Waals surface area (Å²) in [7, 11) is 1.54. The molecular formula is C20H20ClN3O4S. The summed E-state index contributed by atoms with van der Waals surface area (Å²) in [5, 5.41) is 5.79. The van der Waals surface area contributed by atoms with E-state index in [-0.39, 0.29) is 18.4 Å². The summed E-state index contributed by atoms with van der Waals surface area (Å²) in [6.45, 7) is 1.10. The molecule has 1 aromatic carbocycles. The van der Waals surface area contributed by atoms with E-state index in [9.17, 15) is 9.59 Å². The van der Waals surface area contributed by atoms with Crippen molar-refractivity contribution in [2.45, 2.75) is 18.8 Å². The van der Waals surface area contributed by atoms with Gasteiger partial charge in [0.1, 0.15) is 11.4 Å². The number of thiazole rings is 1. The zero-order valence-electron chi connectivity index (χ0n) is 15.8. The summed E-state index contributed by atoms with van der Waals surface area (Å²) in [6, 6.07) is 5.03. The predicted molar refractivity (Wildman–Crippen MR) is 112 cm³/mol. The fourth-order valence-electron chi connectivity index (χ4n) is 3.00. The van der Waals surface area contributed by atoms with E-state index in [0.29, 0.717) is 35.2 Å². The van der Waals surface area contributed by atoms with Crippen LogP contribution in [-0.2, 0) is 4.74 Å². The number of carbonyl (C=O) groups is 2. The molecule has 7 nitrogen and oxygen atoms in total. The third-order valence-electron chi connectivity index (χ3n) is 4.56. The van der Waals surface area contributed by atoms with Crippen LogP contribution in [0.15, 0.2) is 23.6 Å². The Balaban J connectivity index is 1.59. The van der Waals surface area contributed by atoms with Gasteiger partial charge < -0.3 is 19.7 Å². The van der Waals surface area contributed by atoms with Crippen LogP contribution < -0.4 is 10.1 Å². The van der Waals surface area contributed by atoms with Crippen LogP contribution in [0.5, 0.6) is 5.75 Å². The van der Waals surface area contributed by atoms with E-state index in [4.69, 9.17) is 27.5 Å². The van der Waals surface area contributed by atoms with Gasteiger partial charge in [0.2, 0.25) is 0 Å². The SMILES string of the molecule is C#CCOC(=O)N1CCC(c2nc(C(=O)Nc3cc(OC)ccc3Cl)cs2)CC1. The summed E-state index contributed by atoms with van der Waals surface area (Å²) in [6.07, 6.45) is 6.21. The zero-order chi connectivity index (χ0) is 20.8. The van der Waals surface area contributed by atoms with Crippen molar-refractivity contribution >= 4 is 40.6 Å². The number of methoxy groups -OCH3 is 1. The molecule has 0 aliphatic carbocycles. The molecule has 0 bridgehead atoms. The number of terminal acetylenes is 1. The third kappa shape index (κ3) is 5.19. The summed E-state index contributed by atoms with van der Waals surface area (Å²) >= 11 is 7.58. The minimum Gasteiger partial charge on any atom is -0.497 e. The maximum absolute atomic E-state index is 12.6. The van der Waals surface area contributed by atoms with Gasteiger partial charge in [0.05, 0.1) is 22.8 Å². The van der Waals surface area contributed by atoms with Crippen molar-refractivity contribution < 1.29 is 19.1 Å². The fourth-order valence-corrected chi connectivity index (χ4v) is 4.13. The first-order valence-electron chi connectivity index (χ1n) is 8.97. The Hall–Kier alpha value is -2.76. The number of nitrogens with zero attached hydrogens (tertiary/aromatic N) is 2. The number of benzene rings is 1. The van der Waals surface area contributed by atoms with E-state index in [2.05, 4.69) is 16.2 Å². The molecular weight excluding hydrogens is 414 g/mol. The number of hydrogen-bond donors (Lipinski definition) is 1. The fraction of sp³-hybridized carbons (Fsp3) is 0.350. The molecule has 0 saturated carbocycles. The number of halogens is 1. The quantitative estimate of drug-likeness (QED) is 0.720. The third-order valence-corrected chi connectivity index (χ3v) is 5.89. The summed E-state index contributed by atoms with van der Waals surface area (Å²) in [5.41, 5.74) is 0.795. The molecule has 0 unspecified atom stereocenters. The topological polar surface area (TPSA) is 80.8 Å². The number of hydrogen-bond acceptors (Lipinski definition) is 6. The molecule has 1 aromatic heterocycles. The molecule has 1 fully saturated rings. The average Bonchev–Trinajstić information content (AvgIpc) is 3.24. The monoisotopic (exact) mass is 433 g/mol. The molecule has 2 amide bonds. The van der Waals surface area contributed by atoms with Crippen LogP contribution in [0.2, 0.25) is 5.02 Å². The van der Waals surface area contributed by atoms with Crippen molar-refractivity contribution in [3.8, 4) is 18.1 Å². The lowest BCUT2D eigenvalue weighted by Gasteiger charge is -2.30. The van der Waals surface area contributed by atoms with Gasteiger partial charge in [-0.15, -0.1) is 17.8 Å². The Bertz CT molecular complexity index is 932.